The molecular weight excluding hydrogens is 969 g/mol. The molecule has 0 aromatic heterocycles. The highest BCUT2D eigenvalue weighted by atomic mass is 32.2. The van der Waals surface area contributed by atoms with Crippen molar-refractivity contribution in [3.05, 3.63) is 130 Å². The number of ether oxygens (including phenoxy) is 2. The molecule has 20 heteroatoms. The van der Waals surface area contributed by atoms with E-state index in [1.54, 1.807) is 13.8 Å². The van der Waals surface area contributed by atoms with E-state index in [1.807, 2.05) is 140 Å². The van der Waals surface area contributed by atoms with Gasteiger partial charge in [0.15, 0.2) is 23.8 Å². The molecule has 0 aromatic carbocycles. The lowest BCUT2D eigenvalue weighted by atomic mass is 9.71. The summed E-state index contributed by atoms with van der Waals surface area (Å²) in [5.74, 6) is -3.60. The van der Waals surface area contributed by atoms with Crippen molar-refractivity contribution in [3.8, 4) is 0 Å². The Morgan fingerprint density at radius 1 is 0.611 bits per heavy atom. The molecule has 2 aliphatic rings. The molecule has 2 aliphatic carbocycles. The van der Waals surface area contributed by atoms with Crippen molar-refractivity contribution in [3.63, 3.8) is 0 Å². The lowest BCUT2D eigenvalue weighted by molar-refractivity contribution is -0.158. The summed E-state index contributed by atoms with van der Waals surface area (Å²) in [6, 6.07) is -1.43. The Morgan fingerprint density at radius 2 is 1.03 bits per heavy atom. The van der Waals surface area contributed by atoms with Crippen LogP contribution in [0.15, 0.2) is 130 Å². The highest BCUT2D eigenvalue weighted by molar-refractivity contribution is 7.86. The summed E-state index contributed by atoms with van der Waals surface area (Å²) < 4.78 is 71.6. The van der Waals surface area contributed by atoms with E-state index in [0.717, 1.165) is 33.4 Å². The zero-order valence-corrected chi connectivity index (χ0v) is 44.5. The minimum atomic E-state index is -4.22. The van der Waals surface area contributed by atoms with Crippen molar-refractivity contribution >= 4 is 55.8 Å². The molecular formula is C52H72N4O14S2. The van der Waals surface area contributed by atoms with E-state index in [9.17, 15) is 45.6 Å². The number of urea groups is 2. The van der Waals surface area contributed by atoms with Gasteiger partial charge in [-0.25, -0.2) is 9.59 Å². The van der Waals surface area contributed by atoms with Gasteiger partial charge in [0.05, 0.1) is 24.3 Å². The Kier molecular flexibility index (Phi) is 25.2. The number of hydrogen-bond acceptors (Lipinski definition) is 12. The first kappa shape index (κ1) is 61.9. The van der Waals surface area contributed by atoms with Gasteiger partial charge >= 0.3 is 24.0 Å². The minimum absolute atomic E-state index is 0.0940. The van der Waals surface area contributed by atoms with Gasteiger partial charge in [-0.3, -0.25) is 28.3 Å². The molecule has 0 aromatic rings. The normalized spacial score (nSPS) is 20.9. The van der Waals surface area contributed by atoms with Crippen molar-refractivity contribution in [2.45, 2.75) is 101 Å². The van der Waals surface area contributed by atoms with E-state index in [-0.39, 0.29) is 68.8 Å². The average Bonchev–Trinajstić information content (AvgIpc) is 3.26. The molecule has 18 nitrogen and oxygen atoms in total. The third-order valence-electron chi connectivity index (χ3n) is 11.7. The molecule has 0 radical (unpaired) electrons. The molecule has 0 saturated heterocycles. The quantitative estimate of drug-likeness (QED) is 0.0322. The van der Waals surface area contributed by atoms with E-state index < -0.39 is 73.4 Å². The van der Waals surface area contributed by atoms with Crippen molar-refractivity contribution < 1.29 is 64.2 Å². The predicted molar refractivity (Wildman–Crippen MR) is 277 cm³/mol. The highest BCUT2D eigenvalue weighted by Gasteiger charge is 2.41. The van der Waals surface area contributed by atoms with E-state index in [1.165, 1.54) is 0 Å². The number of Topliss-reactive ketones (excluding diaryl/α,β-unsaturated/α-hetero) is 2. The van der Waals surface area contributed by atoms with Crippen molar-refractivity contribution in [2.75, 3.05) is 37.7 Å². The van der Waals surface area contributed by atoms with Gasteiger partial charge in [-0.15, -0.1) is 0 Å². The number of carbonyl (C=O) groups excluding carboxylic acids is 6. The summed E-state index contributed by atoms with van der Waals surface area (Å²) in [5, 5.41) is 9.29. The van der Waals surface area contributed by atoms with Crippen LogP contribution in [0.4, 0.5) is 9.59 Å². The number of nitrogens with one attached hydrogen (secondary N) is 4. The fraction of sp³-hybridized carbons (Fsp3) is 0.462. The topological polar surface area (TPSA) is 278 Å². The summed E-state index contributed by atoms with van der Waals surface area (Å²) in [7, 11) is -8.44. The van der Waals surface area contributed by atoms with E-state index >= 15 is 0 Å². The molecule has 0 saturated carbocycles. The molecule has 4 atom stereocenters. The second-order valence-corrected chi connectivity index (χ2v) is 21.5. The maximum atomic E-state index is 13.3. The molecule has 0 spiro atoms. The van der Waals surface area contributed by atoms with Gasteiger partial charge in [0.25, 0.3) is 20.2 Å². The monoisotopic (exact) mass is 1040 g/mol. The standard InChI is InChI=1S/C52H72N4O14S2/c1-34(17-13-19-36(3)21-23-42-38(5)39(6)49(48(60)40(42)7)70-46(58)26-28-54-51(62)56-30-32-72(66,67)68)15-11-12-16-35(2)18-14-20-37(4)22-24-43-41(8)47(59)44(33-52(43,9)10)69-45(57)25-27-53-50(61)55-29-31-71(63,64)65/h11-24,38-39,44,49H,25-33H2,1-10H3,(H2,53,55,61)(H2,54,56,62)(H,63,64,65)(H,66,67,68). The Morgan fingerprint density at radius 3 is 1.50 bits per heavy atom. The summed E-state index contributed by atoms with van der Waals surface area (Å²) in [6.07, 6.45) is 25.3. The van der Waals surface area contributed by atoms with E-state index in [0.29, 0.717) is 11.1 Å². The molecule has 396 valence electrons. The maximum absolute atomic E-state index is 13.3. The van der Waals surface area contributed by atoms with Crippen LogP contribution < -0.4 is 21.3 Å². The Bertz CT molecular complexity index is 2610. The zero-order valence-electron chi connectivity index (χ0n) is 42.9. The van der Waals surface area contributed by atoms with Crippen molar-refractivity contribution in [1.29, 1.82) is 0 Å². The minimum Gasteiger partial charge on any atom is -0.454 e. The predicted octanol–water partition coefficient (Wildman–Crippen LogP) is 7.02. The SMILES string of the molecule is CC(C=CC=C(C)C=CC1=C(C)C(=O)C(OC(=O)CCNC(=O)NCCS(=O)(=O)O)C(C)C1C)=CC=CC=C(C)C=CC=C(C)C=CC1=C(C)C(=O)C(OC(=O)CCNC(=O)NCCS(=O)(=O)O)CC1(C)C. The van der Waals surface area contributed by atoms with Crippen LogP contribution in [0.25, 0.3) is 0 Å². The van der Waals surface area contributed by atoms with Crippen LogP contribution in [0.5, 0.6) is 0 Å². The molecule has 72 heavy (non-hydrogen) atoms. The molecule has 4 unspecified atom stereocenters. The molecule has 0 bridgehead atoms. The van der Waals surface area contributed by atoms with Crippen LogP contribution in [0.1, 0.15) is 88.5 Å². The number of rotatable bonds is 24. The van der Waals surface area contributed by atoms with Crippen molar-refractivity contribution in [1.82, 2.24) is 21.3 Å². The van der Waals surface area contributed by atoms with Crippen LogP contribution in [0, 0.1) is 17.3 Å². The van der Waals surface area contributed by atoms with Crippen LogP contribution in [-0.2, 0) is 48.9 Å². The van der Waals surface area contributed by atoms with Gasteiger partial charge in [-0.1, -0.05) is 135 Å². The van der Waals surface area contributed by atoms with E-state index in [4.69, 9.17) is 18.6 Å². The highest BCUT2D eigenvalue weighted by Crippen LogP contribution is 2.41. The van der Waals surface area contributed by atoms with Gasteiger partial charge in [0, 0.05) is 38.5 Å². The summed E-state index contributed by atoms with van der Waals surface area (Å²) >= 11 is 0. The van der Waals surface area contributed by atoms with Gasteiger partial charge in [-0.2, -0.15) is 16.8 Å². The van der Waals surface area contributed by atoms with Crippen molar-refractivity contribution in [2.24, 2.45) is 17.3 Å². The Hall–Kier alpha value is -6.22. The van der Waals surface area contributed by atoms with E-state index in [2.05, 4.69) is 21.3 Å². The van der Waals surface area contributed by atoms with Crippen LogP contribution in [0.2, 0.25) is 0 Å². The number of esters is 2. The average molecular weight is 1040 g/mol. The second-order valence-electron chi connectivity index (χ2n) is 18.3. The van der Waals surface area contributed by atoms with Crippen LogP contribution in [-0.4, -0.2) is 111 Å². The van der Waals surface area contributed by atoms with Gasteiger partial charge < -0.3 is 30.7 Å². The lowest BCUT2D eigenvalue weighted by Gasteiger charge is -2.36. The fourth-order valence-electron chi connectivity index (χ4n) is 7.38. The smallest absolute Gasteiger partial charge is 0.314 e. The number of allylic oxidation sites excluding steroid dienone is 20. The van der Waals surface area contributed by atoms with Gasteiger partial charge in [0.2, 0.25) is 0 Å². The van der Waals surface area contributed by atoms with Gasteiger partial charge in [-0.05, 0) is 75.2 Å². The largest absolute Gasteiger partial charge is 0.454 e. The summed E-state index contributed by atoms with van der Waals surface area (Å²) in [4.78, 5) is 75.1. The first-order valence-electron chi connectivity index (χ1n) is 23.4. The van der Waals surface area contributed by atoms with Crippen LogP contribution >= 0.6 is 0 Å². The van der Waals surface area contributed by atoms with Gasteiger partial charge in [0.1, 0.15) is 0 Å². The lowest BCUT2D eigenvalue weighted by Crippen LogP contribution is -2.42. The molecule has 2 rings (SSSR count). The molecule has 0 heterocycles. The number of hydrogen-bond donors (Lipinski definition) is 6. The number of carbonyl (C=O) groups is 6. The maximum Gasteiger partial charge on any atom is 0.314 e. The Balaban J connectivity index is 1.90. The number of ketones is 2. The first-order chi connectivity index (χ1) is 33.5. The molecule has 0 aliphatic heterocycles. The Labute approximate surface area is 424 Å². The molecule has 4 amide bonds. The van der Waals surface area contributed by atoms with Crippen LogP contribution in [0.3, 0.4) is 0 Å². The fourth-order valence-corrected chi connectivity index (χ4v) is 8.10. The number of amides is 4. The third kappa shape index (κ3) is 23.3. The summed E-state index contributed by atoms with van der Waals surface area (Å²) in [5.41, 5.74) is 6.17. The third-order valence-corrected chi connectivity index (χ3v) is 13.1. The second kappa shape index (κ2) is 29.3. The zero-order chi connectivity index (χ0) is 54.4. The molecule has 0 fully saturated rings. The first-order valence-corrected chi connectivity index (χ1v) is 26.6. The summed E-state index contributed by atoms with van der Waals surface area (Å²) in [6.45, 7) is 18.3. The molecule has 6 N–H and O–H groups in total.